The number of aromatic nitrogens is 3. The summed E-state index contributed by atoms with van der Waals surface area (Å²) in [4.78, 5) is 28.0. The number of amides is 1. The van der Waals surface area contributed by atoms with Gasteiger partial charge in [-0.3, -0.25) is 4.79 Å². The third kappa shape index (κ3) is 4.91. The van der Waals surface area contributed by atoms with Gasteiger partial charge in [-0.1, -0.05) is 26.8 Å². The number of hydrogen-bond acceptors (Lipinski definition) is 4. The van der Waals surface area contributed by atoms with Gasteiger partial charge < -0.3 is 10.4 Å². The summed E-state index contributed by atoms with van der Waals surface area (Å²) in [7, 11) is 0. The van der Waals surface area contributed by atoms with Crippen LogP contribution in [0.4, 0.5) is 0 Å². The van der Waals surface area contributed by atoms with Gasteiger partial charge in [-0.15, -0.1) is 0 Å². The zero-order valence-electron chi connectivity index (χ0n) is 14.1. The summed E-state index contributed by atoms with van der Waals surface area (Å²) < 4.78 is 1.53. The molecule has 24 heavy (non-hydrogen) atoms. The van der Waals surface area contributed by atoms with Crippen molar-refractivity contribution in [3.8, 4) is 5.82 Å². The number of nitrogens with one attached hydrogen (secondary N) is 1. The summed E-state index contributed by atoms with van der Waals surface area (Å²) in [6, 6.07) is 5.76. The van der Waals surface area contributed by atoms with Crippen molar-refractivity contribution < 1.29 is 14.7 Å². The first-order chi connectivity index (χ1) is 11.3. The number of pyridine rings is 1. The number of carbonyl (C=O) groups is 2. The fraction of sp³-hybridized carbons (Fsp3) is 0.412. The lowest BCUT2D eigenvalue weighted by Crippen LogP contribution is -2.41. The van der Waals surface area contributed by atoms with Crippen LogP contribution in [0.5, 0.6) is 0 Å². The SMILES string of the molecule is CC(C)(C)CCC(NC(=O)c1cccc(-n2cccn2)n1)C(=O)O. The lowest BCUT2D eigenvalue weighted by atomic mass is 9.88. The average molecular weight is 330 g/mol. The molecule has 2 aromatic rings. The van der Waals surface area contributed by atoms with E-state index in [0.29, 0.717) is 18.7 Å². The Morgan fingerprint density at radius 2 is 2.04 bits per heavy atom. The van der Waals surface area contributed by atoms with Gasteiger partial charge in [-0.25, -0.2) is 14.5 Å². The van der Waals surface area contributed by atoms with Crippen LogP contribution >= 0.6 is 0 Å². The molecule has 0 aliphatic rings. The molecule has 2 rings (SSSR count). The normalized spacial score (nSPS) is 12.6. The van der Waals surface area contributed by atoms with E-state index in [9.17, 15) is 14.7 Å². The highest BCUT2D eigenvalue weighted by Gasteiger charge is 2.23. The minimum absolute atomic E-state index is 0.00329. The second kappa shape index (κ2) is 7.25. The van der Waals surface area contributed by atoms with Crippen molar-refractivity contribution in [1.29, 1.82) is 0 Å². The highest BCUT2D eigenvalue weighted by Crippen LogP contribution is 2.21. The zero-order chi connectivity index (χ0) is 17.7. The fourth-order valence-electron chi connectivity index (χ4n) is 2.15. The molecule has 1 unspecified atom stereocenters. The molecule has 2 heterocycles. The quantitative estimate of drug-likeness (QED) is 0.847. The molecular formula is C17H22N4O3. The Balaban J connectivity index is 2.10. The van der Waals surface area contributed by atoms with Crippen molar-refractivity contribution in [2.45, 2.75) is 39.7 Å². The van der Waals surface area contributed by atoms with Crippen LogP contribution in [0.15, 0.2) is 36.7 Å². The number of carbonyl (C=O) groups excluding carboxylic acids is 1. The molecule has 0 saturated heterocycles. The predicted molar refractivity (Wildman–Crippen MR) is 88.9 cm³/mol. The highest BCUT2D eigenvalue weighted by molar-refractivity contribution is 5.95. The van der Waals surface area contributed by atoms with Crippen LogP contribution in [0.2, 0.25) is 0 Å². The van der Waals surface area contributed by atoms with Gasteiger partial charge in [0.1, 0.15) is 11.7 Å². The van der Waals surface area contributed by atoms with Crippen molar-refractivity contribution in [2.24, 2.45) is 5.41 Å². The maximum absolute atomic E-state index is 12.3. The molecule has 0 radical (unpaired) electrons. The van der Waals surface area contributed by atoms with Gasteiger partial charge in [0.05, 0.1) is 0 Å². The van der Waals surface area contributed by atoms with E-state index in [4.69, 9.17) is 0 Å². The molecular weight excluding hydrogens is 308 g/mol. The van der Waals surface area contributed by atoms with Gasteiger partial charge in [0.2, 0.25) is 0 Å². The van der Waals surface area contributed by atoms with Crippen LogP contribution in [0.3, 0.4) is 0 Å². The molecule has 7 nitrogen and oxygen atoms in total. The number of rotatable bonds is 6. The van der Waals surface area contributed by atoms with Crippen molar-refractivity contribution in [2.75, 3.05) is 0 Å². The molecule has 7 heteroatoms. The number of carboxylic acid groups (broad SMARTS) is 1. The number of aliphatic carboxylic acids is 1. The van der Waals surface area contributed by atoms with E-state index in [0.717, 1.165) is 0 Å². The van der Waals surface area contributed by atoms with Gasteiger partial charge in [-0.05, 0) is 36.5 Å². The van der Waals surface area contributed by atoms with Crippen molar-refractivity contribution >= 4 is 11.9 Å². The summed E-state index contributed by atoms with van der Waals surface area (Å²) in [5.41, 5.74) is 0.154. The predicted octanol–water partition coefficient (Wildman–Crippen LogP) is 2.28. The highest BCUT2D eigenvalue weighted by atomic mass is 16.4. The van der Waals surface area contributed by atoms with Crippen molar-refractivity contribution in [3.63, 3.8) is 0 Å². The molecule has 0 aliphatic carbocycles. The van der Waals surface area contributed by atoms with Gasteiger partial charge in [-0.2, -0.15) is 5.10 Å². The Kier molecular flexibility index (Phi) is 5.33. The molecule has 1 amide bonds. The maximum atomic E-state index is 12.3. The first kappa shape index (κ1) is 17.7. The topological polar surface area (TPSA) is 97.1 Å². The van der Waals surface area contributed by atoms with E-state index < -0.39 is 17.9 Å². The smallest absolute Gasteiger partial charge is 0.326 e. The van der Waals surface area contributed by atoms with Crippen LogP contribution in [-0.4, -0.2) is 37.8 Å². The van der Waals surface area contributed by atoms with E-state index >= 15 is 0 Å². The molecule has 0 fully saturated rings. The zero-order valence-corrected chi connectivity index (χ0v) is 14.1. The minimum Gasteiger partial charge on any atom is -0.480 e. The van der Waals surface area contributed by atoms with E-state index in [2.05, 4.69) is 15.4 Å². The Labute approximate surface area is 140 Å². The Hall–Kier alpha value is -2.70. The van der Waals surface area contributed by atoms with E-state index in [-0.39, 0.29) is 11.1 Å². The maximum Gasteiger partial charge on any atom is 0.326 e. The standard InChI is InChI=1S/C17H22N4O3/c1-17(2,3)9-8-13(16(23)24)20-15(22)12-6-4-7-14(19-12)21-11-5-10-18-21/h4-7,10-11,13H,8-9H2,1-3H3,(H,20,22)(H,23,24). The molecule has 0 saturated carbocycles. The van der Waals surface area contributed by atoms with Crippen LogP contribution in [0, 0.1) is 5.41 Å². The average Bonchev–Trinajstić information content (AvgIpc) is 3.04. The largest absolute Gasteiger partial charge is 0.480 e. The third-order valence-electron chi connectivity index (χ3n) is 3.49. The number of nitrogens with zero attached hydrogens (tertiary/aromatic N) is 3. The van der Waals surface area contributed by atoms with Crippen LogP contribution < -0.4 is 5.32 Å². The molecule has 0 spiro atoms. The Morgan fingerprint density at radius 3 is 2.62 bits per heavy atom. The van der Waals surface area contributed by atoms with E-state index in [1.807, 2.05) is 20.8 Å². The number of hydrogen-bond donors (Lipinski definition) is 2. The van der Waals surface area contributed by atoms with Crippen LogP contribution in [-0.2, 0) is 4.79 Å². The summed E-state index contributed by atoms with van der Waals surface area (Å²) >= 11 is 0. The molecule has 0 aliphatic heterocycles. The molecule has 2 aromatic heterocycles. The summed E-state index contributed by atoms with van der Waals surface area (Å²) in [6.07, 6.45) is 4.38. The molecule has 0 aromatic carbocycles. The second-order valence-corrected chi connectivity index (χ2v) is 6.80. The summed E-state index contributed by atoms with van der Waals surface area (Å²) in [6.45, 7) is 6.09. The van der Waals surface area contributed by atoms with Gasteiger partial charge in [0.15, 0.2) is 5.82 Å². The lowest BCUT2D eigenvalue weighted by molar-refractivity contribution is -0.139. The monoisotopic (exact) mass is 330 g/mol. The first-order valence-electron chi connectivity index (χ1n) is 7.77. The first-order valence-corrected chi connectivity index (χ1v) is 7.77. The second-order valence-electron chi connectivity index (χ2n) is 6.80. The summed E-state index contributed by atoms with van der Waals surface area (Å²) in [5, 5.41) is 15.9. The number of carboxylic acids is 1. The van der Waals surface area contributed by atoms with Gasteiger partial charge in [0, 0.05) is 12.4 Å². The summed E-state index contributed by atoms with van der Waals surface area (Å²) in [5.74, 6) is -1.06. The Morgan fingerprint density at radius 1 is 1.29 bits per heavy atom. The van der Waals surface area contributed by atoms with Crippen LogP contribution in [0.1, 0.15) is 44.1 Å². The van der Waals surface area contributed by atoms with E-state index in [1.54, 1.807) is 36.7 Å². The molecule has 2 N–H and O–H groups in total. The molecule has 0 bridgehead atoms. The van der Waals surface area contributed by atoms with E-state index in [1.165, 1.54) is 4.68 Å². The lowest BCUT2D eigenvalue weighted by Gasteiger charge is -2.21. The molecule has 128 valence electrons. The van der Waals surface area contributed by atoms with Gasteiger partial charge in [0.25, 0.3) is 5.91 Å². The van der Waals surface area contributed by atoms with Crippen LogP contribution in [0.25, 0.3) is 5.82 Å². The molecule has 1 atom stereocenters. The van der Waals surface area contributed by atoms with Crippen molar-refractivity contribution in [3.05, 3.63) is 42.4 Å². The van der Waals surface area contributed by atoms with Gasteiger partial charge >= 0.3 is 5.97 Å². The van der Waals surface area contributed by atoms with Crippen molar-refractivity contribution in [1.82, 2.24) is 20.1 Å². The fourth-order valence-corrected chi connectivity index (χ4v) is 2.15. The Bertz CT molecular complexity index is 705. The third-order valence-corrected chi connectivity index (χ3v) is 3.49. The minimum atomic E-state index is -1.05.